The quantitative estimate of drug-likeness (QED) is 0.702. The summed E-state index contributed by atoms with van der Waals surface area (Å²) in [6, 6.07) is 2.28. The molecule has 6 nitrogen and oxygen atoms in total. The van der Waals surface area contributed by atoms with Crippen LogP contribution in [0.25, 0.3) is 0 Å². The molecule has 0 atom stereocenters. The molecule has 0 aliphatic heterocycles. The molecule has 0 saturated carbocycles. The highest BCUT2D eigenvalue weighted by Crippen LogP contribution is 2.24. The van der Waals surface area contributed by atoms with Crippen molar-refractivity contribution in [2.45, 2.75) is 0 Å². The molecule has 7 heteroatoms. The third kappa shape index (κ3) is 2.34. The maximum absolute atomic E-state index is 13.6. The van der Waals surface area contributed by atoms with E-state index in [0.29, 0.717) is 5.69 Å². The summed E-state index contributed by atoms with van der Waals surface area (Å²) in [6.07, 6.45) is 4.28. The molecule has 18 heavy (non-hydrogen) atoms. The van der Waals surface area contributed by atoms with Crippen molar-refractivity contribution in [3.05, 3.63) is 42.2 Å². The van der Waals surface area contributed by atoms with E-state index in [1.165, 1.54) is 24.8 Å². The highest BCUT2D eigenvalue weighted by atomic mass is 19.1. The Morgan fingerprint density at radius 1 is 1.28 bits per heavy atom. The molecule has 1 aromatic heterocycles. The van der Waals surface area contributed by atoms with Gasteiger partial charge in [-0.25, -0.2) is 14.4 Å². The Morgan fingerprint density at radius 3 is 2.56 bits per heavy atom. The van der Waals surface area contributed by atoms with Crippen LogP contribution in [0.1, 0.15) is 10.4 Å². The molecule has 0 aliphatic rings. The second-order valence-electron chi connectivity index (χ2n) is 3.54. The largest absolute Gasteiger partial charge is 0.398 e. The normalized spacial score (nSPS) is 10.1. The number of amides is 1. The molecule has 0 spiro atoms. The molecule has 1 heterocycles. The molecule has 0 aliphatic carbocycles. The lowest BCUT2D eigenvalue weighted by molar-refractivity contribution is 0.100. The molecular formula is C11H10FN5O. The third-order valence-corrected chi connectivity index (χ3v) is 2.24. The highest BCUT2D eigenvalue weighted by Gasteiger charge is 2.12. The van der Waals surface area contributed by atoms with Crippen LogP contribution in [0.2, 0.25) is 0 Å². The first-order valence-electron chi connectivity index (χ1n) is 4.99. The minimum atomic E-state index is -0.722. The number of hydrogen-bond donors (Lipinski definition) is 3. The second-order valence-corrected chi connectivity index (χ2v) is 3.54. The number of aromatic nitrogens is 2. The van der Waals surface area contributed by atoms with Crippen molar-refractivity contribution in [3.63, 3.8) is 0 Å². The van der Waals surface area contributed by atoms with Gasteiger partial charge in [-0.05, 0) is 12.1 Å². The predicted molar refractivity (Wildman–Crippen MR) is 64.6 cm³/mol. The summed E-state index contributed by atoms with van der Waals surface area (Å²) in [4.78, 5) is 18.7. The lowest BCUT2D eigenvalue weighted by atomic mass is 10.1. The van der Waals surface area contributed by atoms with Crippen LogP contribution in [0.3, 0.4) is 0 Å². The van der Waals surface area contributed by atoms with E-state index in [0.717, 1.165) is 6.07 Å². The summed E-state index contributed by atoms with van der Waals surface area (Å²) < 4.78 is 13.6. The minimum Gasteiger partial charge on any atom is -0.398 e. The molecule has 0 saturated heterocycles. The molecular weight excluding hydrogens is 237 g/mol. The fraction of sp³-hybridized carbons (Fsp3) is 0. The van der Waals surface area contributed by atoms with Gasteiger partial charge in [0.2, 0.25) is 0 Å². The van der Waals surface area contributed by atoms with Gasteiger partial charge in [-0.1, -0.05) is 0 Å². The summed E-state index contributed by atoms with van der Waals surface area (Å²) in [5.41, 5.74) is 11.2. The second kappa shape index (κ2) is 4.66. The summed E-state index contributed by atoms with van der Waals surface area (Å²) in [5, 5.41) is 2.73. The number of nitrogen functional groups attached to an aromatic ring is 1. The van der Waals surface area contributed by atoms with Crippen molar-refractivity contribution in [2.75, 3.05) is 11.1 Å². The van der Waals surface area contributed by atoms with Crippen molar-refractivity contribution in [1.82, 2.24) is 9.97 Å². The van der Waals surface area contributed by atoms with Crippen LogP contribution in [-0.2, 0) is 0 Å². The molecule has 1 amide bonds. The number of nitrogens with one attached hydrogen (secondary N) is 1. The lowest BCUT2D eigenvalue weighted by Gasteiger charge is -2.09. The van der Waals surface area contributed by atoms with E-state index in [9.17, 15) is 9.18 Å². The Bertz CT molecular complexity index is 587. The molecule has 5 N–H and O–H groups in total. The first-order chi connectivity index (χ1) is 8.58. The number of carbonyl (C=O) groups is 1. The van der Waals surface area contributed by atoms with Gasteiger partial charge in [0.05, 0.1) is 29.3 Å². The molecule has 1 aromatic carbocycles. The molecule has 0 fully saturated rings. The van der Waals surface area contributed by atoms with Crippen LogP contribution >= 0.6 is 0 Å². The molecule has 2 rings (SSSR count). The number of rotatable bonds is 3. The Kier molecular flexibility index (Phi) is 3.05. The monoisotopic (exact) mass is 247 g/mol. The zero-order valence-electron chi connectivity index (χ0n) is 9.22. The van der Waals surface area contributed by atoms with Gasteiger partial charge < -0.3 is 16.8 Å². The summed E-state index contributed by atoms with van der Waals surface area (Å²) in [7, 11) is 0. The number of anilines is 3. The van der Waals surface area contributed by atoms with Gasteiger partial charge in [-0.3, -0.25) is 4.79 Å². The van der Waals surface area contributed by atoms with Gasteiger partial charge in [-0.15, -0.1) is 0 Å². The van der Waals surface area contributed by atoms with E-state index >= 15 is 0 Å². The number of nitrogens with two attached hydrogens (primary N) is 2. The van der Waals surface area contributed by atoms with Gasteiger partial charge in [-0.2, -0.15) is 0 Å². The first kappa shape index (κ1) is 11.8. The molecule has 0 unspecified atom stereocenters. The van der Waals surface area contributed by atoms with E-state index in [1.807, 2.05) is 0 Å². The van der Waals surface area contributed by atoms with Crippen molar-refractivity contribution in [2.24, 2.45) is 5.73 Å². The lowest BCUT2D eigenvalue weighted by Crippen LogP contribution is -2.14. The number of halogens is 1. The fourth-order valence-corrected chi connectivity index (χ4v) is 1.42. The van der Waals surface area contributed by atoms with Gasteiger partial charge >= 0.3 is 0 Å². The Morgan fingerprint density at radius 2 is 1.94 bits per heavy atom. The predicted octanol–water partition coefficient (Wildman–Crippen LogP) is 1.04. The number of carbonyl (C=O) groups excluding carboxylic acids is 1. The van der Waals surface area contributed by atoms with Crippen LogP contribution in [0, 0.1) is 5.82 Å². The average Bonchev–Trinajstić information content (AvgIpc) is 2.33. The van der Waals surface area contributed by atoms with E-state index in [4.69, 9.17) is 11.5 Å². The van der Waals surface area contributed by atoms with Crippen LogP contribution in [-0.4, -0.2) is 15.9 Å². The average molecular weight is 247 g/mol. The summed E-state index contributed by atoms with van der Waals surface area (Å²) >= 11 is 0. The van der Waals surface area contributed by atoms with E-state index < -0.39 is 11.7 Å². The van der Waals surface area contributed by atoms with Gasteiger partial charge in [0.1, 0.15) is 12.1 Å². The number of nitrogens with zero attached hydrogens (tertiary/aromatic N) is 2. The molecule has 0 radical (unpaired) electrons. The van der Waals surface area contributed by atoms with E-state index in [1.54, 1.807) is 0 Å². The van der Waals surface area contributed by atoms with Gasteiger partial charge in [0.25, 0.3) is 5.91 Å². The number of benzene rings is 1. The standard InChI is InChI=1S/C11H10FN5O/c12-8-2-9(13)7(11(14)18)1-10(8)17-6-3-15-5-16-4-6/h1-5,17H,13H2,(H2,14,18). The Balaban J connectivity index is 2.39. The van der Waals surface area contributed by atoms with Crippen molar-refractivity contribution >= 4 is 23.0 Å². The van der Waals surface area contributed by atoms with Crippen LogP contribution < -0.4 is 16.8 Å². The maximum atomic E-state index is 13.6. The van der Waals surface area contributed by atoms with Crippen molar-refractivity contribution in [3.8, 4) is 0 Å². The zero-order chi connectivity index (χ0) is 13.1. The fourth-order valence-electron chi connectivity index (χ4n) is 1.42. The number of hydrogen-bond acceptors (Lipinski definition) is 5. The zero-order valence-corrected chi connectivity index (χ0v) is 9.22. The van der Waals surface area contributed by atoms with Crippen molar-refractivity contribution in [1.29, 1.82) is 0 Å². The molecule has 2 aromatic rings. The van der Waals surface area contributed by atoms with Crippen LogP contribution in [0.5, 0.6) is 0 Å². The molecule has 92 valence electrons. The third-order valence-electron chi connectivity index (χ3n) is 2.24. The Labute approximate surface area is 102 Å². The van der Waals surface area contributed by atoms with E-state index in [-0.39, 0.29) is 16.9 Å². The SMILES string of the molecule is NC(=O)c1cc(Nc2cncnc2)c(F)cc1N. The smallest absolute Gasteiger partial charge is 0.250 e. The maximum Gasteiger partial charge on any atom is 0.250 e. The van der Waals surface area contributed by atoms with Crippen LogP contribution in [0.15, 0.2) is 30.9 Å². The summed E-state index contributed by atoms with van der Waals surface area (Å²) in [6.45, 7) is 0. The highest BCUT2D eigenvalue weighted by molar-refractivity contribution is 5.99. The van der Waals surface area contributed by atoms with Crippen LogP contribution in [0.4, 0.5) is 21.5 Å². The molecule has 0 bridgehead atoms. The number of primary amides is 1. The summed E-state index contributed by atoms with van der Waals surface area (Å²) in [5.74, 6) is -1.32. The Hall–Kier alpha value is -2.70. The van der Waals surface area contributed by atoms with Crippen molar-refractivity contribution < 1.29 is 9.18 Å². The topological polar surface area (TPSA) is 107 Å². The first-order valence-corrected chi connectivity index (χ1v) is 4.99. The van der Waals surface area contributed by atoms with Gasteiger partial charge in [0, 0.05) is 5.69 Å². The van der Waals surface area contributed by atoms with Gasteiger partial charge in [0.15, 0.2) is 0 Å². The minimum absolute atomic E-state index is 0.00476. The van der Waals surface area contributed by atoms with E-state index in [2.05, 4.69) is 15.3 Å².